The number of methoxy groups -OCH3 is 2. The molecule has 0 aliphatic heterocycles. The average Bonchev–Trinajstić information content (AvgIpc) is 3.09. The van der Waals surface area contributed by atoms with Gasteiger partial charge in [-0.05, 0) is 60.9 Å². The number of amides is 2. The predicted octanol–water partition coefficient (Wildman–Crippen LogP) is 6.15. The molecule has 0 saturated heterocycles. The first kappa shape index (κ1) is 38.0. The molecule has 0 saturated carbocycles. The Balaban J connectivity index is 1.39. The summed E-state index contributed by atoms with van der Waals surface area (Å²) in [6.45, 7) is 2.50. The summed E-state index contributed by atoms with van der Waals surface area (Å²) >= 11 is 0. The van der Waals surface area contributed by atoms with Crippen LogP contribution in [0.4, 0.5) is 0 Å². The molecule has 12 heteroatoms. The zero-order chi connectivity index (χ0) is 34.8. The number of carbonyl (C=O) groups is 3. The van der Waals surface area contributed by atoms with Crippen LogP contribution in [0, 0.1) is 0 Å². The van der Waals surface area contributed by atoms with Crippen molar-refractivity contribution in [3.8, 4) is 11.5 Å². The van der Waals surface area contributed by atoms with E-state index in [0.717, 1.165) is 24.8 Å². The SMILES string of the molecule is CCCCCCCCCCCC(=O)OCc1ccc(C(=O)NS(=O)(=O)c2ccc(CCNC(=O)c3ccc(OC)c(OC)c3)cc2)cn1. The van der Waals surface area contributed by atoms with E-state index in [1.54, 1.807) is 30.3 Å². The number of esters is 1. The van der Waals surface area contributed by atoms with Gasteiger partial charge in [-0.15, -0.1) is 0 Å². The van der Waals surface area contributed by atoms with Gasteiger partial charge in [0.15, 0.2) is 11.5 Å². The zero-order valence-corrected chi connectivity index (χ0v) is 28.9. The molecule has 0 aliphatic rings. The number of nitrogens with zero attached hydrogens (tertiary/aromatic N) is 1. The van der Waals surface area contributed by atoms with Crippen molar-refractivity contribution in [3.63, 3.8) is 0 Å². The highest BCUT2D eigenvalue weighted by atomic mass is 32.2. The fourth-order valence-corrected chi connectivity index (χ4v) is 5.90. The molecule has 0 atom stereocenters. The summed E-state index contributed by atoms with van der Waals surface area (Å²) in [6.07, 6.45) is 12.5. The Morgan fingerprint density at radius 3 is 2.02 bits per heavy atom. The predicted molar refractivity (Wildman–Crippen MR) is 183 cm³/mol. The number of hydrogen-bond donors (Lipinski definition) is 2. The van der Waals surface area contributed by atoms with Gasteiger partial charge >= 0.3 is 5.97 Å². The van der Waals surface area contributed by atoms with Gasteiger partial charge in [0.05, 0.1) is 30.4 Å². The molecule has 2 amide bonds. The summed E-state index contributed by atoms with van der Waals surface area (Å²) in [5.41, 5.74) is 1.70. The van der Waals surface area contributed by atoms with E-state index >= 15 is 0 Å². The molecule has 2 aromatic carbocycles. The number of ether oxygens (including phenoxy) is 3. The molecule has 11 nitrogen and oxygen atoms in total. The van der Waals surface area contributed by atoms with Crippen LogP contribution in [0.2, 0.25) is 0 Å². The summed E-state index contributed by atoms with van der Waals surface area (Å²) in [5.74, 6) is -0.453. The van der Waals surface area contributed by atoms with E-state index in [9.17, 15) is 22.8 Å². The van der Waals surface area contributed by atoms with Crippen LogP contribution in [0.25, 0.3) is 0 Å². The van der Waals surface area contributed by atoms with Crippen molar-refractivity contribution in [1.82, 2.24) is 15.0 Å². The van der Waals surface area contributed by atoms with Crippen LogP contribution >= 0.6 is 0 Å². The first-order valence-electron chi connectivity index (χ1n) is 16.4. The number of benzene rings is 2. The number of rotatable bonds is 21. The lowest BCUT2D eigenvalue weighted by Gasteiger charge is -2.10. The lowest BCUT2D eigenvalue weighted by Crippen LogP contribution is -2.30. The third-order valence-electron chi connectivity index (χ3n) is 7.76. The van der Waals surface area contributed by atoms with Crippen LogP contribution in [-0.4, -0.2) is 51.9 Å². The van der Waals surface area contributed by atoms with Gasteiger partial charge in [-0.3, -0.25) is 19.4 Å². The molecular weight excluding hydrogens is 634 g/mol. The summed E-state index contributed by atoms with van der Waals surface area (Å²) in [4.78, 5) is 41.3. The smallest absolute Gasteiger partial charge is 0.306 e. The summed E-state index contributed by atoms with van der Waals surface area (Å²) < 4.78 is 43.5. The first-order valence-corrected chi connectivity index (χ1v) is 17.9. The van der Waals surface area contributed by atoms with Gasteiger partial charge in [0.1, 0.15) is 6.61 Å². The average molecular weight is 682 g/mol. The molecule has 0 radical (unpaired) electrons. The lowest BCUT2D eigenvalue weighted by atomic mass is 10.1. The topological polar surface area (TPSA) is 150 Å². The molecular formula is C36H47N3O8S. The fourth-order valence-electron chi connectivity index (χ4n) is 4.93. The number of hydrogen-bond acceptors (Lipinski definition) is 9. The molecule has 0 unspecified atom stereocenters. The molecule has 0 bridgehead atoms. The molecule has 2 N–H and O–H groups in total. The molecule has 0 aliphatic carbocycles. The van der Waals surface area contributed by atoms with Gasteiger partial charge in [-0.1, -0.05) is 70.4 Å². The number of sulfonamides is 1. The van der Waals surface area contributed by atoms with Crippen LogP contribution in [-0.2, 0) is 32.6 Å². The van der Waals surface area contributed by atoms with E-state index < -0.39 is 15.9 Å². The molecule has 1 heterocycles. The van der Waals surface area contributed by atoms with Crippen LogP contribution in [0.15, 0.2) is 65.7 Å². The standard InChI is InChI=1S/C36H47N3O8S/c1-4-5-6-7-8-9-10-11-12-13-34(40)47-26-30-18-16-29(25-38-30)36(42)39-48(43,44)31-19-14-27(15-20-31)22-23-37-35(41)28-17-21-32(45-2)33(24-28)46-3/h14-21,24-25H,4-13,22-23,26H2,1-3H3,(H,37,41)(H,39,42). The number of aromatic nitrogens is 1. The van der Waals surface area contributed by atoms with Gasteiger partial charge in [0.2, 0.25) is 0 Å². The van der Waals surface area contributed by atoms with E-state index in [2.05, 4.69) is 21.9 Å². The second kappa shape index (κ2) is 20.0. The van der Waals surface area contributed by atoms with Crippen LogP contribution in [0.5, 0.6) is 11.5 Å². The van der Waals surface area contributed by atoms with Crippen LogP contribution < -0.4 is 19.5 Å². The Kier molecular flexibility index (Phi) is 15.9. The minimum atomic E-state index is -4.15. The zero-order valence-electron chi connectivity index (χ0n) is 28.1. The Morgan fingerprint density at radius 2 is 1.40 bits per heavy atom. The van der Waals surface area contributed by atoms with Crippen molar-refractivity contribution in [2.24, 2.45) is 0 Å². The van der Waals surface area contributed by atoms with Gasteiger partial charge in [0.25, 0.3) is 21.8 Å². The quantitative estimate of drug-likeness (QED) is 0.0996. The maximum atomic E-state index is 12.8. The largest absolute Gasteiger partial charge is 0.493 e. The van der Waals surface area contributed by atoms with Crippen molar-refractivity contribution in [2.75, 3.05) is 20.8 Å². The van der Waals surface area contributed by atoms with E-state index in [1.165, 1.54) is 83.2 Å². The minimum Gasteiger partial charge on any atom is -0.493 e. The third kappa shape index (κ3) is 12.6. The lowest BCUT2D eigenvalue weighted by molar-refractivity contribution is -0.145. The summed E-state index contributed by atoms with van der Waals surface area (Å²) in [7, 11) is -1.14. The molecule has 3 aromatic rings. The van der Waals surface area contributed by atoms with Crippen LogP contribution in [0.3, 0.4) is 0 Å². The Hall–Kier alpha value is -4.45. The highest BCUT2D eigenvalue weighted by Crippen LogP contribution is 2.27. The molecule has 0 fully saturated rings. The number of carbonyl (C=O) groups excluding carboxylic acids is 3. The van der Waals surface area contributed by atoms with Gasteiger partial charge < -0.3 is 19.5 Å². The van der Waals surface area contributed by atoms with Crippen molar-refractivity contribution in [2.45, 2.75) is 89.1 Å². The maximum absolute atomic E-state index is 12.8. The Morgan fingerprint density at radius 1 is 0.750 bits per heavy atom. The molecule has 260 valence electrons. The normalized spacial score (nSPS) is 11.1. The van der Waals surface area contributed by atoms with E-state index in [1.807, 2.05) is 0 Å². The number of unbranched alkanes of at least 4 members (excludes halogenated alkanes) is 8. The summed E-state index contributed by atoms with van der Waals surface area (Å²) in [5, 5.41) is 2.82. The van der Waals surface area contributed by atoms with Gasteiger partial charge in [-0.2, -0.15) is 0 Å². The first-order chi connectivity index (χ1) is 23.2. The minimum absolute atomic E-state index is 0.0251. The fraction of sp³-hybridized carbons (Fsp3) is 0.444. The van der Waals surface area contributed by atoms with Crippen molar-refractivity contribution in [1.29, 1.82) is 0 Å². The third-order valence-corrected chi connectivity index (χ3v) is 9.10. The van der Waals surface area contributed by atoms with Crippen molar-refractivity contribution in [3.05, 3.63) is 83.2 Å². The van der Waals surface area contributed by atoms with Gasteiger partial charge in [-0.25, -0.2) is 13.1 Å². The number of pyridine rings is 1. The molecule has 48 heavy (non-hydrogen) atoms. The van der Waals surface area contributed by atoms with E-state index in [0.29, 0.717) is 42.1 Å². The molecule has 0 spiro atoms. The maximum Gasteiger partial charge on any atom is 0.306 e. The monoisotopic (exact) mass is 681 g/mol. The Bertz CT molecular complexity index is 1580. The van der Waals surface area contributed by atoms with Crippen LogP contribution in [0.1, 0.15) is 103 Å². The van der Waals surface area contributed by atoms with Crippen molar-refractivity contribution < 1.29 is 37.0 Å². The Labute approximate surface area is 283 Å². The molecule has 1 aromatic heterocycles. The van der Waals surface area contributed by atoms with E-state index in [4.69, 9.17) is 14.2 Å². The number of nitrogens with one attached hydrogen (secondary N) is 2. The molecule has 3 rings (SSSR count). The van der Waals surface area contributed by atoms with Gasteiger partial charge in [0, 0.05) is 24.7 Å². The van der Waals surface area contributed by atoms with E-state index in [-0.39, 0.29) is 28.9 Å². The highest BCUT2D eigenvalue weighted by molar-refractivity contribution is 7.90. The summed E-state index contributed by atoms with van der Waals surface area (Å²) in [6, 6.07) is 13.8. The van der Waals surface area contributed by atoms with Crippen molar-refractivity contribution >= 4 is 27.8 Å². The highest BCUT2D eigenvalue weighted by Gasteiger charge is 2.19. The second-order valence-electron chi connectivity index (χ2n) is 11.4. The second-order valence-corrected chi connectivity index (χ2v) is 13.1.